The predicted molar refractivity (Wildman–Crippen MR) is 81.9 cm³/mol. The zero-order chi connectivity index (χ0) is 15.4. The number of nitrogens with one attached hydrogen (secondary N) is 1. The Kier molecular flexibility index (Phi) is 5.01. The monoisotopic (exact) mass is 306 g/mol. The maximum Gasteiger partial charge on any atom is 0.255 e. The van der Waals surface area contributed by atoms with Crippen LogP contribution in [0.3, 0.4) is 0 Å². The maximum absolute atomic E-state index is 12.6. The third-order valence-corrected chi connectivity index (χ3v) is 4.01. The molecule has 0 bridgehead atoms. The minimum atomic E-state index is -0.584. The molecule has 0 spiro atoms. The van der Waals surface area contributed by atoms with E-state index in [4.69, 9.17) is 0 Å². The number of nitrogens with zero attached hydrogens (tertiary/aromatic N) is 1. The van der Waals surface area contributed by atoms with E-state index in [-0.39, 0.29) is 12.5 Å². The Morgan fingerprint density at radius 1 is 1.43 bits per heavy atom. The van der Waals surface area contributed by atoms with E-state index in [1.807, 2.05) is 31.4 Å². The molecule has 1 fully saturated rings. The van der Waals surface area contributed by atoms with Crippen molar-refractivity contribution in [3.05, 3.63) is 35.4 Å². The van der Waals surface area contributed by atoms with Crippen LogP contribution in [-0.2, 0) is 15.3 Å². The molecule has 1 aliphatic rings. The summed E-state index contributed by atoms with van der Waals surface area (Å²) in [6.07, 6.45) is 2.48. The van der Waals surface area contributed by atoms with E-state index in [1.165, 1.54) is 4.90 Å². The van der Waals surface area contributed by atoms with Crippen molar-refractivity contribution in [2.75, 3.05) is 12.8 Å². The van der Waals surface area contributed by atoms with Crippen LogP contribution in [0.2, 0.25) is 0 Å². The lowest BCUT2D eigenvalue weighted by Crippen LogP contribution is -2.59. The lowest BCUT2D eigenvalue weighted by atomic mass is 10.1. The number of imide groups is 1. The largest absolute Gasteiger partial charge is 0.317 e. The second kappa shape index (κ2) is 6.76. The molecule has 1 N–H and O–H groups in total. The third kappa shape index (κ3) is 3.44. The molecule has 5 nitrogen and oxygen atoms in total. The summed E-state index contributed by atoms with van der Waals surface area (Å²) in [5.74, 6) is -0.286. The van der Waals surface area contributed by atoms with Crippen molar-refractivity contribution in [1.82, 2.24) is 10.2 Å². The molecule has 1 aromatic rings. The number of thioether (sulfide) groups is 1. The minimum Gasteiger partial charge on any atom is -0.317 e. The molecular weight excluding hydrogens is 288 g/mol. The minimum absolute atomic E-state index is 0.0736. The first-order valence-corrected chi connectivity index (χ1v) is 8.18. The average Bonchev–Trinajstić information content (AvgIpc) is 2.46. The van der Waals surface area contributed by atoms with Gasteiger partial charge >= 0.3 is 0 Å². The Balaban J connectivity index is 2.26. The van der Waals surface area contributed by atoms with Crippen LogP contribution in [0.5, 0.6) is 0 Å². The Labute approximate surface area is 128 Å². The van der Waals surface area contributed by atoms with E-state index in [0.717, 1.165) is 11.3 Å². The number of rotatable bonds is 4. The van der Waals surface area contributed by atoms with Crippen LogP contribution in [0.15, 0.2) is 24.3 Å². The zero-order valence-corrected chi connectivity index (χ0v) is 12.9. The van der Waals surface area contributed by atoms with Gasteiger partial charge in [-0.3, -0.25) is 19.7 Å². The molecule has 6 heteroatoms. The lowest BCUT2D eigenvalue weighted by Gasteiger charge is -2.33. The Morgan fingerprint density at radius 2 is 2.19 bits per heavy atom. The summed E-state index contributed by atoms with van der Waals surface area (Å²) in [7, 11) is 0. The van der Waals surface area contributed by atoms with Crippen molar-refractivity contribution in [2.45, 2.75) is 25.1 Å². The molecule has 1 aliphatic heterocycles. The first-order valence-electron chi connectivity index (χ1n) is 6.79. The molecule has 1 unspecified atom stereocenters. The highest BCUT2D eigenvalue weighted by Crippen LogP contribution is 2.17. The highest BCUT2D eigenvalue weighted by molar-refractivity contribution is 7.97. The normalized spacial score (nSPS) is 18.6. The molecule has 112 valence electrons. The van der Waals surface area contributed by atoms with Gasteiger partial charge < -0.3 is 4.90 Å². The number of hydrogen-bond acceptors (Lipinski definition) is 4. The summed E-state index contributed by atoms with van der Waals surface area (Å²) in [6.45, 7) is 1.75. The van der Waals surface area contributed by atoms with Crippen LogP contribution in [0.1, 0.15) is 29.3 Å². The number of amides is 3. The van der Waals surface area contributed by atoms with Crippen LogP contribution in [0.25, 0.3) is 0 Å². The second-order valence-corrected chi connectivity index (χ2v) is 5.77. The highest BCUT2D eigenvalue weighted by atomic mass is 32.2. The maximum atomic E-state index is 12.6. The molecule has 1 saturated heterocycles. The molecule has 0 aromatic heterocycles. The number of carbonyl (C=O) groups is 3. The van der Waals surface area contributed by atoms with Crippen molar-refractivity contribution in [1.29, 1.82) is 0 Å². The Morgan fingerprint density at radius 3 is 2.86 bits per heavy atom. The molecule has 0 radical (unpaired) electrons. The van der Waals surface area contributed by atoms with E-state index in [1.54, 1.807) is 17.8 Å². The smallest absolute Gasteiger partial charge is 0.255 e. The van der Waals surface area contributed by atoms with Gasteiger partial charge in [0.2, 0.25) is 11.8 Å². The molecule has 0 aliphatic carbocycles. The van der Waals surface area contributed by atoms with Crippen LogP contribution in [-0.4, -0.2) is 41.5 Å². The quantitative estimate of drug-likeness (QED) is 0.855. The SMILES string of the molecule is CCC1C(=O)NC(=O)CN1C(=O)c1cccc(CSC)c1. The van der Waals surface area contributed by atoms with Gasteiger partial charge in [0.05, 0.1) is 0 Å². The first kappa shape index (κ1) is 15.6. The van der Waals surface area contributed by atoms with E-state index in [2.05, 4.69) is 5.32 Å². The van der Waals surface area contributed by atoms with Crippen LogP contribution in [0.4, 0.5) is 0 Å². The Hall–Kier alpha value is -1.82. The van der Waals surface area contributed by atoms with Crippen molar-refractivity contribution < 1.29 is 14.4 Å². The van der Waals surface area contributed by atoms with Crippen molar-refractivity contribution in [2.24, 2.45) is 0 Å². The molecule has 21 heavy (non-hydrogen) atoms. The summed E-state index contributed by atoms with van der Waals surface area (Å²) in [6, 6.07) is 6.74. The van der Waals surface area contributed by atoms with E-state index in [0.29, 0.717) is 12.0 Å². The average molecular weight is 306 g/mol. The summed E-state index contributed by atoms with van der Waals surface area (Å²) in [4.78, 5) is 37.3. The molecule has 1 atom stereocenters. The predicted octanol–water partition coefficient (Wildman–Crippen LogP) is 1.43. The molecule has 0 saturated carbocycles. The van der Waals surface area contributed by atoms with Gasteiger partial charge in [0.1, 0.15) is 12.6 Å². The van der Waals surface area contributed by atoms with Gasteiger partial charge in [-0.25, -0.2) is 0 Å². The fourth-order valence-electron chi connectivity index (χ4n) is 2.41. The van der Waals surface area contributed by atoms with Crippen LogP contribution < -0.4 is 5.32 Å². The van der Waals surface area contributed by atoms with Crippen molar-refractivity contribution in [3.8, 4) is 0 Å². The zero-order valence-electron chi connectivity index (χ0n) is 12.1. The summed E-state index contributed by atoms with van der Waals surface area (Å²) in [5.41, 5.74) is 1.57. The number of piperazine rings is 1. The van der Waals surface area contributed by atoms with Gasteiger partial charge in [0.25, 0.3) is 5.91 Å². The number of carbonyl (C=O) groups excluding carboxylic acids is 3. The molecular formula is C15H18N2O3S. The number of benzene rings is 1. The number of hydrogen-bond donors (Lipinski definition) is 1. The van der Waals surface area contributed by atoms with Crippen LogP contribution in [0, 0.1) is 0 Å². The second-order valence-electron chi connectivity index (χ2n) is 4.90. The third-order valence-electron chi connectivity index (χ3n) is 3.39. The summed E-state index contributed by atoms with van der Waals surface area (Å²) in [5, 5.41) is 2.27. The van der Waals surface area contributed by atoms with Gasteiger partial charge in [-0.2, -0.15) is 11.8 Å². The Bertz CT molecular complexity index is 574. The van der Waals surface area contributed by atoms with Crippen LogP contribution >= 0.6 is 11.8 Å². The lowest BCUT2D eigenvalue weighted by molar-refractivity contribution is -0.138. The molecule has 1 heterocycles. The topological polar surface area (TPSA) is 66.5 Å². The van der Waals surface area contributed by atoms with E-state index < -0.39 is 17.9 Å². The fourth-order valence-corrected chi connectivity index (χ4v) is 2.93. The molecule has 3 amide bonds. The fraction of sp³-hybridized carbons (Fsp3) is 0.400. The first-order chi connectivity index (χ1) is 10.1. The van der Waals surface area contributed by atoms with Gasteiger partial charge in [-0.15, -0.1) is 0 Å². The van der Waals surface area contributed by atoms with Crippen molar-refractivity contribution in [3.63, 3.8) is 0 Å². The van der Waals surface area contributed by atoms with Gasteiger partial charge in [0.15, 0.2) is 0 Å². The highest BCUT2D eigenvalue weighted by Gasteiger charge is 2.35. The van der Waals surface area contributed by atoms with E-state index >= 15 is 0 Å². The van der Waals surface area contributed by atoms with Crippen molar-refractivity contribution >= 4 is 29.5 Å². The van der Waals surface area contributed by atoms with Gasteiger partial charge in [-0.1, -0.05) is 19.1 Å². The standard InChI is InChI=1S/C15H18N2O3S/c1-3-12-14(19)16-13(18)8-17(12)15(20)11-6-4-5-10(7-11)9-21-2/h4-7,12H,3,8-9H2,1-2H3,(H,16,18,19). The molecule has 1 aromatic carbocycles. The molecule has 2 rings (SSSR count). The van der Waals surface area contributed by atoms with Gasteiger partial charge in [0, 0.05) is 11.3 Å². The summed E-state index contributed by atoms with van der Waals surface area (Å²) >= 11 is 1.67. The van der Waals surface area contributed by atoms with E-state index in [9.17, 15) is 14.4 Å². The van der Waals surface area contributed by atoms with Gasteiger partial charge in [-0.05, 0) is 30.4 Å². The summed E-state index contributed by atoms with van der Waals surface area (Å²) < 4.78 is 0.